The summed E-state index contributed by atoms with van der Waals surface area (Å²) in [7, 11) is 0. The van der Waals surface area contributed by atoms with Crippen molar-refractivity contribution in [1.29, 1.82) is 0 Å². The highest BCUT2D eigenvalue weighted by molar-refractivity contribution is 7.18. The summed E-state index contributed by atoms with van der Waals surface area (Å²) >= 11 is 1.39. The van der Waals surface area contributed by atoms with Crippen molar-refractivity contribution in [2.24, 2.45) is 0 Å². The first-order chi connectivity index (χ1) is 11.3. The number of aliphatic hydroxyl groups is 2. The average molecular weight is 352 g/mol. The highest BCUT2D eigenvalue weighted by Gasteiger charge is 2.34. The molecule has 3 rings (SSSR count). The van der Waals surface area contributed by atoms with Gasteiger partial charge in [0.1, 0.15) is 10.7 Å². The molecule has 2 unspecified atom stereocenters. The first-order valence-electron chi connectivity index (χ1n) is 7.92. The van der Waals surface area contributed by atoms with Crippen LogP contribution in [0.5, 0.6) is 0 Å². The molecule has 0 saturated heterocycles. The van der Waals surface area contributed by atoms with Crippen molar-refractivity contribution in [2.45, 2.75) is 51.2 Å². The largest absolute Gasteiger partial charge is 0.481 e. The van der Waals surface area contributed by atoms with Gasteiger partial charge in [-0.2, -0.15) is 0 Å². The number of nitrogens with zero attached hydrogens (tertiary/aromatic N) is 2. The minimum absolute atomic E-state index is 0.0415. The number of carboxylic acids is 1. The van der Waals surface area contributed by atoms with Crippen molar-refractivity contribution in [3.63, 3.8) is 0 Å². The number of aliphatic carboxylic acids is 1. The molecule has 130 valence electrons. The highest BCUT2D eigenvalue weighted by atomic mass is 32.1. The van der Waals surface area contributed by atoms with Gasteiger partial charge in [-0.25, -0.2) is 4.98 Å². The van der Waals surface area contributed by atoms with E-state index < -0.39 is 24.6 Å². The molecule has 0 aliphatic heterocycles. The van der Waals surface area contributed by atoms with Gasteiger partial charge in [0.15, 0.2) is 0 Å². The van der Waals surface area contributed by atoms with E-state index in [9.17, 15) is 19.8 Å². The zero-order valence-corrected chi connectivity index (χ0v) is 14.3. The molecule has 2 aromatic rings. The van der Waals surface area contributed by atoms with Crippen molar-refractivity contribution in [1.82, 2.24) is 9.55 Å². The van der Waals surface area contributed by atoms with Gasteiger partial charge in [0.2, 0.25) is 0 Å². The van der Waals surface area contributed by atoms with E-state index in [1.165, 1.54) is 15.9 Å². The Balaban J connectivity index is 2.28. The minimum atomic E-state index is -1.07. The molecule has 0 spiro atoms. The second-order valence-electron chi connectivity index (χ2n) is 6.43. The van der Waals surface area contributed by atoms with Gasteiger partial charge in [-0.3, -0.25) is 14.2 Å². The predicted molar refractivity (Wildman–Crippen MR) is 89.8 cm³/mol. The van der Waals surface area contributed by atoms with Crippen molar-refractivity contribution >= 4 is 27.5 Å². The summed E-state index contributed by atoms with van der Waals surface area (Å²) in [5.74, 6) is -1.11. The Morgan fingerprint density at radius 1 is 1.46 bits per heavy atom. The zero-order chi connectivity index (χ0) is 17.6. The van der Waals surface area contributed by atoms with Crippen LogP contribution in [0.3, 0.4) is 0 Å². The maximum atomic E-state index is 13.0. The molecule has 0 amide bonds. The second-order valence-corrected chi connectivity index (χ2v) is 7.51. The Morgan fingerprint density at radius 2 is 2.17 bits per heavy atom. The Hall–Kier alpha value is -1.77. The van der Waals surface area contributed by atoms with Gasteiger partial charge in [-0.1, -0.05) is 13.8 Å². The molecule has 0 fully saturated rings. The van der Waals surface area contributed by atoms with E-state index in [1.54, 1.807) is 0 Å². The Labute approximate surface area is 142 Å². The number of fused-ring (bicyclic) bond motifs is 3. The van der Waals surface area contributed by atoms with Gasteiger partial charge in [0.05, 0.1) is 30.6 Å². The minimum Gasteiger partial charge on any atom is -0.481 e. The fraction of sp³-hybridized carbons (Fsp3) is 0.562. The van der Waals surface area contributed by atoms with Crippen LogP contribution in [0.25, 0.3) is 10.2 Å². The van der Waals surface area contributed by atoms with Gasteiger partial charge in [0.25, 0.3) is 5.56 Å². The van der Waals surface area contributed by atoms with Crippen LogP contribution in [0, 0.1) is 0 Å². The van der Waals surface area contributed by atoms with Gasteiger partial charge in [0, 0.05) is 10.8 Å². The third-order valence-electron chi connectivity index (χ3n) is 4.38. The molecule has 2 aromatic heterocycles. The molecule has 7 nitrogen and oxygen atoms in total. The fourth-order valence-electron chi connectivity index (χ4n) is 3.27. The first-order valence-corrected chi connectivity index (χ1v) is 8.74. The van der Waals surface area contributed by atoms with Gasteiger partial charge < -0.3 is 15.3 Å². The molecule has 24 heavy (non-hydrogen) atoms. The maximum Gasteiger partial charge on any atom is 0.311 e. The Kier molecular flexibility index (Phi) is 4.46. The van der Waals surface area contributed by atoms with Crippen LogP contribution in [-0.4, -0.2) is 43.6 Å². The summed E-state index contributed by atoms with van der Waals surface area (Å²) in [5, 5.41) is 28.7. The lowest BCUT2D eigenvalue weighted by Crippen LogP contribution is -2.32. The quantitative estimate of drug-likeness (QED) is 0.741. The van der Waals surface area contributed by atoms with Gasteiger partial charge >= 0.3 is 5.97 Å². The molecule has 3 N–H and O–H groups in total. The number of aromatic nitrogens is 2. The molecule has 2 atom stereocenters. The van der Waals surface area contributed by atoms with Crippen LogP contribution < -0.4 is 5.56 Å². The number of aliphatic hydroxyl groups excluding tert-OH is 2. The molecule has 8 heteroatoms. The zero-order valence-electron chi connectivity index (χ0n) is 13.5. The normalized spacial score (nSPS) is 18.3. The average Bonchev–Trinajstić information content (AvgIpc) is 3.07. The second kappa shape index (κ2) is 6.27. The molecule has 0 radical (unpaired) electrons. The van der Waals surface area contributed by atoms with E-state index in [2.05, 4.69) is 4.98 Å². The van der Waals surface area contributed by atoms with E-state index in [4.69, 9.17) is 5.11 Å². The lowest BCUT2D eigenvalue weighted by Gasteiger charge is -2.17. The predicted octanol–water partition coefficient (Wildman–Crippen LogP) is 1.05. The summed E-state index contributed by atoms with van der Waals surface area (Å²) in [5.41, 5.74) is 0.254. The number of thiophene rings is 1. The van der Waals surface area contributed by atoms with Crippen molar-refractivity contribution in [3.8, 4) is 0 Å². The molecular weight excluding hydrogens is 332 g/mol. The van der Waals surface area contributed by atoms with Gasteiger partial charge in [-0.05, 0) is 18.4 Å². The summed E-state index contributed by atoms with van der Waals surface area (Å²) < 4.78 is 1.37. The Morgan fingerprint density at radius 3 is 2.75 bits per heavy atom. The summed E-state index contributed by atoms with van der Waals surface area (Å²) in [6.07, 6.45) is 0.0709. The van der Waals surface area contributed by atoms with E-state index in [-0.39, 0.29) is 18.0 Å². The number of carbonyl (C=O) groups is 1. The third-order valence-corrected chi connectivity index (χ3v) is 5.54. The molecule has 2 heterocycles. The van der Waals surface area contributed by atoms with E-state index in [0.717, 1.165) is 4.88 Å². The van der Waals surface area contributed by atoms with Crippen molar-refractivity contribution in [3.05, 3.63) is 26.6 Å². The maximum absolute atomic E-state index is 13.0. The SMILES string of the molecule is CC(C)c1nc2sc3c(c2c(=O)n1CC(O)CO)C(C(=O)O)CC3. The first kappa shape index (κ1) is 17.1. The van der Waals surface area contributed by atoms with E-state index in [1.807, 2.05) is 13.8 Å². The number of aryl methyl sites for hydroxylation is 1. The number of carboxylic acid groups (broad SMARTS) is 1. The number of hydrogen-bond donors (Lipinski definition) is 3. The molecule has 0 saturated carbocycles. The highest BCUT2D eigenvalue weighted by Crippen LogP contribution is 2.42. The van der Waals surface area contributed by atoms with Crippen molar-refractivity contribution in [2.75, 3.05) is 6.61 Å². The Bertz CT molecular complexity index is 854. The molecular formula is C16H20N2O5S. The number of hydrogen-bond acceptors (Lipinski definition) is 6. The molecule has 0 aromatic carbocycles. The van der Waals surface area contributed by atoms with Crippen LogP contribution >= 0.6 is 11.3 Å². The van der Waals surface area contributed by atoms with Crippen LogP contribution in [0.1, 0.15) is 48.4 Å². The summed E-state index contributed by atoms with van der Waals surface area (Å²) in [6.45, 7) is 3.28. The molecule has 0 bridgehead atoms. The standard InChI is InChI=1S/C16H20N2O5S/c1-7(2)13-17-14-12(15(21)18(13)5-8(20)6-19)11-9(16(22)23)3-4-10(11)24-14/h7-9,19-20H,3-6H2,1-2H3,(H,22,23). The molecule has 1 aliphatic rings. The van der Waals surface area contributed by atoms with Crippen LogP contribution in [0.15, 0.2) is 4.79 Å². The smallest absolute Gasteiger partial charge is 0.311 e. The van der Waals surface area contributed by atoms with Crippen molar-refractivity contribution < 1.29 is 20.1 Å². The monoisotopic (exact) mass is 352 g/mol. The summed E-state index contributed by atoms with van der Waals surface area (Å²) in [4.78, 5) is 30.6. The van der Waals surface area contributed by atoms with E-state index >= 15 is 0 Å². The van der Waals surface area contributed by atoms with Crippen LogP contribution in [0.4, 0.5) is 0 Å². The number of rotatable bonds is 5. The van der Waals surface area contributed by atoms with Crippen LogP contribution in [0.2, 0.25) is 0 Å². The lowest BCUT2D eigenvalue weighted by molar-refractivity contribution is -0.138. The summed E-state index contributed by atoms with van der Waals surface area (Å²) in [6, 6.07) is 0. The third kappa shape index (κ3) is 2.64. The lowest BCUT2D eigenvalue weighted by atomic mass is 10.0. The van der Waals surface area contributed by atoms with E-state index in [0.29, 0.717) is 34.4 Å². The molecule has 1 aliphatic carbocycles. The topological polar surface area (TPSA) is 113 Å². The van der Waals surface area contributed by atoms with Crippen LogP contribution in [-0.2, 0) is 17.8 Å². The fourth-order valence-corrected chi connectivity index (χ4v) is 4.52. The van der Waals surface area contributed by atoms with Gasteiger partial charge in [-0.15, -0.1) is 11.3 Å².